The highest BCUT2D eigenvalue weighted by molar-refractivity contribution is 5.86. The number of nitrogens with two attached hydrogens (primary N) is 1. The van der Waals surface area contributed by atoms with Gasteiger partial charge < -0.3 is 16.4 Å². The number of carbonyl (C=O) groups is 1. The van der Waals surface area contributed by atoms with Crippen molar-refractivity contribution in [2.45, 2.75) is 75.4 Å². The molecule has 2 aliphatic carbocycles. The van der Waals surface area contributed by atoms with Gasteiger partial charge in [-0.2, -0.15) is 0 Å². The minimum atomic E-state index is -0.634. The molecule has 0 aliphatic heterocycles. The number of hydrogen-bond acceptors (Lipinski definition) is 3. The monoisotopic (exact) mass is 329 g/mol. The van der Waals surface area contributed by atoms with Gasteiger partial charge in [-0.25, -0.2) is 0 Å². The Morgan fingerprint density at radius 3 is 2.29 bits per heavy atom. The Morgan fingerprint density at radius 2 is 1.67 bits per heavy atom. The van der Waals surface area contributed by atoms with Crippen molar-refractivity contribution >= 4 is 5.91 Å². The molecule has 3 rings (SSSR count). The van der Waals surface area contributed by atoms with E-state index in [1.165, 1.54) is 18.4 Å². The van der Waals surface area contributed by atoms with Crippen molar-refractivity contribution < 1.29 is 4.79 Å². The van der Waals surface area contributed by atoms with Crippen molar-refractivity contribution in [2.24, 2.45) is 5.73 Å². The molecule has 132 valence electrons. The van der Waals surface area contributed by atoms with Gasteiger partial charge in [0.1, 0.15) is 0 Å². The first-order valence-corrected chi connectivity index (χ1v) is 9.43. The lowest BCUT2D eigenvalue weighted by atomic mass is 9.93. The van der Waals surface area contributed by atoms with Gasteiger partial charge >= 0.3 is 0 Å². The van der Waals surface area contributed by atoms with Gasteiger partial charge in [-0.15, -0.1) is 0 Å². The third kappa shape index (κ3) is 3.81. The maximum Gasteiger partial charge on any atom is 0.240 e. The SMILES string of the molecule is CC(NC1(CNC(=O)C2(N)CCCC2)CCCC1)c1ccccc1. The quantitative estimate of drug-likeness (QED) is 0.751. The summed E-state index contributed by atoms with van der Waals surface area (Å²) in [5.74, 6) is 0.0421. The van der Waals surface area contributed by atoms with Crippen LogP contribution in [0.4, 0.5) is 0 Å². The van der Waals surface area contributed by atoms with Gasteiger partial charge in [0.15, 0.2) is 0 Å². The van der Waals surface area contributed by atoms with Gasteiger partial charge in [-0.05, 0) is 38.2 Å². The largest absolute Gasteiger partial charge is 0.353 e. The number of amides is 1. The maximum atomic E-state index is 12.6. The number of rotatable bonds is 6. The topological polar surface area (TPSA) is 67.1 Å². The molecule has 2 fully saturated rings. The van der Waals surface area contributed by atoms with E-state index in [1.807, 2.05) is 6.07 Å². The molecular weight excluding hydrogens is 298 g/mol. The molecule has 1 amide bonds. The van der Waals surface area contributed by atoms with Crippen LogP contribution < -0.4 is 16.4 Å². The fourth-order valence-electron chi connectivity index (χ4n) is 4.37. The molecule has 2 saturated carbocycles. The molecule has 0 saturated heterocycles. The predicted molar refractivity (Wildman–Crippen MR) is 97.6 cm³/mol. The minimum Gasteiger partial charge on any atom is -0.353 e. The van der Waals surface area contributed by atoms with Crippen molar-refractivity contribution in [1.82, 2.24) is 10.6 Å². The Hall–Kier alpha value is -1.39. The number of benzene rings is 1. The smallest absolute Gasteiger partial charge is 0.240 e. The van der Waals surface area contributed by atoms with Crippen molar-refractivity contribution in [1.29, 1.82) is 0 Å². The minimum absolute atomic E-state index is 0.000117. The number of nitrogens with one attached hydrogen (secondary N) is 2. The van der Waals surface area contributed by atoms with E-state index in [9.17, 15) is 4.79 Å². The molecule has 2 aliphatic rings. The summed E-state index contributed by atoms with van der Waals surface area (Å²) in [6.07, 6.45) is 8.44. The summed E-state index contributed by atoms with van der Waals surface area (Å²) in [5, 5.41) is 6.99. The third-order valence-corrected chi connectivity index (χ3v) is 5.92. The van der Waals surface area contributed by atoms with Crippen LogP contribution >= 0.6 is 0 Å². The molecule has 4 heteroatoms. The molecule has 0 bridgehead atoms. The zero-order valence-corrected chi connectivity index (χ0v) is 14.8. The van der Waals surface area contributed by atoms with Gasteiger partial charge in [-0.1, -0.05) is 56.0 Å². The van der Waals surface area contributed by atoms with Gasteiger partial charge in [0.05, 0.1) is 5.54 Å². The van der Waals surface area contributed by atoms with Crippen LogP contribution in [0.15, 0.2) is 30.3 Å². The Labute approximate surface area is 145 Å². The molecule has 0 aromatic heterocycles. The van der Waals surface area contributed by atoms with Crippen LogP contribution in [0.1, 0.15) is 69.9 Å². The molecule has 24 heavy (non-hydrogen) atoms. The zero-order chi connectivity index (χ0) is 17.0. The molecular formula is C20H31N3O. The number of hydrogen-bond donors (Lipinski definition) is 3. The highest BCUT2D eigenvalue weighted by atomic mass is 16.2. The fraction of sp³-hybridized carbons (Fsp3) is 0.650. The molecule has 0 radical (unpaired) electrons. The van der Waals surface area contributed by atoms with E-state index in [1.54, 1.807) is 0 Å². The Bertz CT molecular complexity index is 545. The fourth-order valence-corrected chi connectivity index (χ4v) is 4.37. The van der Waals surface area contributed by atoms with Crippen LogP contribution in [0.3, 0.4) is 0 Å². The Balaban J connectivity index is 1.62. The highest BCUT2D eigenvalue weighted by Crippen LogP contribution is 2.32. The van der Waals surface area contributed by atoms with E-state index < -0.39 is 5.54 Å². The predicted octanol–water partition coefficient (Wildman–Crippen LogP) is 3.04. The third-order valence-electron chi connectivity index (χ3n) is 5.92. The van der Waals surface area contributed by atoms with Crippen molar-refractivity contribution in [3.05, 3.63) is 35.9 Å². The molecule has 1 atom stereocenters. The molecule has 1 aromatic rings. The summed E-state index contributed by atoms with van der Waals surface area (Å²) in [6, 6.07) is 10.8. The molecule has 0 heterocycles. The Kier molecular flexibility index (Phi) is 5.26. The summed E-state index contributed by atoms with van der Waals surface area (Å²) < 4.78 is 0. The second kappa shape index (κ2) is 7.24. The normalized spacial score (nSPS) is 23.1. The van der Waals surface area contributed by atoms with Crippen molar-refractivity contribution in [3.8, 4) is 0 Å². The molecule has 1 unspecified atom stereocenters. The lowest BCUT2D eigenvalue weighted by Gasteiger charge is -2.35. The lowest BCUT2D eigenvalue weighted by Crippen LogP contribution is -2.58. The van der Waals surface area contributed by atoms with Crippen molar-refractivity contribution in [2.75, 3.05) is 6.54 Å². The summed E-state index contributed by atoms with van der Waals surface area (Å²) >= 11 is 0. The van der Waals surface area contributed by atoms with Gasteiger partial charge in [0, 0.05) is 18.1 Å². The second-order valence-electron chi connectivity index (χ2n) is 7.81. The highest BCUT2D eigenvalue weighted by Gasteiger charge is 2.40. The zero-order valence-electron chi connectivity index (χ0n) is 14.8. The van der Waals surface area contributed by atoms with Crippen LogP contribution in [-0.4, -0.2) is 23.5 Å². The standard InChI is InChI=1S/C20H31N3O/c1-16(17-9-3-2-4-10-17)23-19(11-5-6-12-19)15-22-18(24)20(21)13-7-8-14-20/h2-4,9-10,16,23H,5-8,11-15,21H2,1H3,(H,22,24). The summed E-state index contributed by atoms with van der Waals surface area (Å²) in [7, 11) is 0. The summed E-state index contributed by atoms with van der Waals surface area (Å²) in [4.78, 5) is 12.6. The van der Waals surface area contributed by atoms with E-state index in [2.05, 4.69) is 41.8 Å². The van der Waals surface area contributed by atoms with Crippen LogP contribution in [0.5, 0.6) is 0 Å². The van der Waals surface area contributed by atoms with E-state index in [0.717, 1.165) is 38.5 Å². The average Bonchev–Trinajstić information content (AvgIpc) is 3.24. The molecule has 1 aromatic carbocycles. The molecule has 4 nitrogen and oxygen atoms in total. The Morgan fingerprint density at radius 1 is 1.08 bits per heavy atom. The first-order chi connectivity index (χ1) is 11.5. The lowest BCUT2D eigenvalue weighted by molar-refractivity contribution is -0.126. The van der Waals surface area contributed by atoms with Gasteiger partial charge in [0.25, 0.3) is 0 Å². The van der Waals surface area contributed by atoms with Gasteiger partial charge in [-0.3, -0.25) is 4.79 Å². The van der Waals surface area contributed by atoms with E-state index in [4.69, 9.17) is 5.73 Å². The average molecular weight is 329 g/mol. The molecule has 4 N–H and O–H groups in total. The van der Waals surface area contributed by atoms with Crippen LogP contribution in [0.25, 0.3) is 0 Å². The van der Waals surface area contributed by atoms with E-state index >= 15 is 0 Å². The van der Waals surface area contributed by atoms with Crippen LogP contribution in [-0.2, 0) is 4.79 Å². The van der Waals surface area contributed by atoms with Gasteiger partial charge in [0.2, 0.25) is 5.91 Å². The first kappa shape index (κ1) is 17.4. The van der Waals surface area contributed by atoms with E-state index in [0.29, 0.717) is 6.54 Å². The number of carbonyl (C=O) groups excluding carboxylic acids is 1. The van der Waals surface area contributed by atoms with Crippen molar-refractivity contribution in [3.63, 3.8) is 0 Å². The summed E-state index contributed by atoms with van der Waals surface area (Å²) in [6.45, 7) is 2.89. The molecule has 0 spiro atoms. The van der Waals surface area contributed by atoms with E-state index in [-0.39, 0.29) is 17.5 Å². The first-order valence-electron chi connectivity index (χ1n) is 9.43. The summed E-state index contributed by atoms with van der Waals surface area (Å²) in [5.41, 5.74) is 6.95. The van der Waals surface area contributed by atoms with Crippen LogP contribution in [0, 0.1) is 0 Å². The van der Waals surface area contributed by atoms with Crippen LogP contribution in [0.2, 0.25) is 0 Å². The maximum absolute atomic E-state index is 12.6. The second-order valence-corrected chi connectivity index (χ2v) is 7.81.